The number of nitrogens with zero attached hydrogens (tertiary/aromatic N) is 6. The number of aromatic nitrogens is 6. The van der Waals surface area contributed by atoms with Crippen LogP contribution in [0.25, 0.3) is 34.1 Å². The van der Waals surface area contributed by atoms with Gasteiger partial charge in [-0.05, 0) is 57.2 Å². The van der Waals surface area contributed by atoms with Crippen LogP contribution in [0.3, 0.4) is 0 Å². The van der Waals surface area contributed by atoms with E-state index in [0.29, 0.717) is 45.7 Å². The number of carbonyl (C=O) groups excluding carboxylic acids is 3. The van der Waals surface area contributed by atoms with E-state index in [1.165, 1.54) is 62.6 Å². The summed E-state index contributed by atoms with van der Waals surface area (Å²) in [5.41, 5.74) is 8.13. The summed E-state index contributed by atoms with van der Waals surface area (Å²) in [6.07, 6.45) is 8.76. The van der Waals surface area contributed by atoms with Crippen molar-refractivity contribution >= 4 is 52.2 Å². The molecule has 4 aromatic heterocycles. The average molecular weight is 671 g/mol. The molecule has 0 unspecified atom stereocenters. The number of nitrogen functional groups attached to an aromatic ring is 1. The van der Waals surface area contributed by atoms with Gasteiger partial charge in [0.15, 0.2) is 0 Å². The molecule has 0 aliphatic carbocycles. The number of benzene rings is 2. The molecule has 0 bridgehead atoms. The van der Waals surface area contributed by atoms with Crippen molar-refractivity contribution in [3.8, 4) is 22.5 Å². The molecule has 2 aromatic carbocycles. The van der Waals surface area contributed by atoms with Gasteiger partial charge in [-0.3, -0.25) is 23.7 Å². The molecule has 0 saturated carbocycles. The van der Waals surface area contributed by atoms with Crippen LogP contribution in [0.4, 0.5) is 36.3 Å². The molecule has 4 heterocycles. The molecule has 6 aromatic rings. The monoisotopic (exact) mass is 670 g/mol. The maximum atomic E-state index is 14.3. The molecule has 0 saturated heterocycles. The number of fused-ring (bicyclic) bond motifs is 2. The van der Waals surface area contributed by atoms with Gasteiger partial charge in [-0.1, -0.05) is 0 Å². The Morgan fingerprint density at radius 3 is 1.69 bits per heavy atom. The Bertz CT molecular complexity index is 2210. The molecule has 0 atom stereocenters. The molecule has 16 heteroatoms. The Kier molecular flexibility index (Phi) is 9.50. The Labute approximate surface area is 278 Å². The van der Waals surface area contributed by atoms with E-state index in [2.05, 4.69) is 35.9 Å². The fraction of sp³-hybridized carbons (Fsp3) is 0.182. The molecule has 3 amide bonds. The first-order valence-corrected chi connectivity index (χ1v) is 14.7. The molecule has 6 rings (SSSR count). The average Bonchev–Trinajstić information content (AvgIpc) is 3.61. The van der Waals surface area contributed by atoms with Gasteiger partial charge in [0.25, 0.3) is 0 Å². The number of rotatable bonds is 5. The van der Waals surface area contributed by atoms with E-state index in [1.54, 1.807) is 54.4 Å². The van der Waals surface area contributed by atoms with E-state index in [1.807, 2.05) is 0 Å². The van der Waals surface area contributed by atoms with Gasteiger partial charge in [-0.15, -0.1) is 0 Å². The highest BCUT2D eigenvalue weighted by atomic mass is 19.1. The second-order valence-electron chi connectivity index (χ2n) is 11.8. The molecule has 14 nitrogen and oxygen atoms in total. The summed E-state index contributed by atoms with van der Waals surface area (Å²) >= 11 is 0. The number of ether oxygens (including phenoxy) is 1. The molecule has 0 aliphatic rings. The molecular formula is C33H32F2N10O4. The summed E-state index contributed by atoms with van der Waals surface area (Å²) in [6, 6.07) is 8.53. The lowest BCUT2D eigenvalue weighted by Crippen LogP contribution is -2.27. The first kappa shape index (κ1) is 33.9. The largest absolute Gasteiger partial charge is 0.444 e. The molecule has 0 fully saturated rings. The zero-order valence-corrected chi connectivity index (χ0v) is 27.1. The number of carbonyl (C=O) groups is 3. The predicted octanol–water partition coefficient (Wildman–Crippen LogP) is 5.92. The lowest BCUT2D eigenvalue weighted by molar-refractivity contribution is -0.115. The lowest BCUT2D eigenvalue weighted by Gasteiger charge is -2.19. The Balaban J connectivity index is 0.000000199. The van der Waals surface area contributed by atoms with Gasteiger partial charge in [0, 0.05) is 61.1 Å². The zero-order chi connectivity index (χ0) is 35.5. The summed E-state index contributed by atoms with van der Waals surface area (Å²) in [7, 11) is 0. The van der Waals surface area contributed by atoms with E-state index in [9.17, 15) is 23.2 Å². The number of halogens is 2. The molecule has 252 valence electrons. The van der Waals surface area contributed by atoms with Crippen molar-refractivity contribution in [2.24, 2.45) is 0 Å². The van der Waals surface area contributed by atoms with E-state index < -0.39 is 23.3 Å². The minimum Gasteiger partial charge on any atom is -0.444 e. The van der Waals surface area contributed by atoms with Gasteiger partial charge in [-0.2, -0.15) is 0 Å². The normalized spacial score (nSPS) is 11.1. The van der Waals surface area contributed by atoms with Gasteiger partial charge in [0.1, 0.15) is 17.2 Å². The number of nitrogens with two attached hydrogens (primary N) is 1. The van der Waals surface area contributed by atoms with E-state index in [-0.39, 0.29) is 22.9 Å². The molecule has 5 N–H and O–H groups in total. The summed E-state index contributed by atoms with van der Waals surface area (Å²) in [6.45, 7) is 8.05. The molecule has 49 heavy (non-hydrogen) atoms. The summed E-state index contributed by atoms with van der Waals surface area (Å²) in [4.78, 5) is 51.0. The first-order chi connectivity index (χ1) is 23.1. The SMILES string of the molecule is CC(=O)Nc1ccc(F)c(-c2cn3cc(N)cnc3n2)c1.CC(=O)Nc1ccc(F)c(-c2cn3cc(NC(=O)OC(C)(C)C)cnc3n2)c1. The molecule has 0 aliphatic heterocycles. The second-order valence-corrected chi connectivity index (χ2v) is 11.8. The third kappa shape index (κ3) is 8.68. The second kappa shape index (κ2) is 13.7. The van der Waals surface area contributed by atoms with Crippen LogP contribution >= 0.6 is 0 Å². The Hall–Kier alpha value is -6.45. The minimum atomic E-state index is -0.625. The van der Waals surface area contributed by atoms with Crippen LogP contribution in [0, 0.1) is 11.6 Å². The number of nitrogens with one attached hydrogen (secondary N) is 3. The standard InChI is InChI=1S/C19H20FN5O3.C14H12FN5O/c1-11(26)22-12-5-6-15(20)14(7-12)16-10-25-9-13(8-21-17(25)24-16)23-18(27)28-19(2,3)4;1-8(21)18-10-2-3-12(15)11(4-10)13-7-20-6-9(16)5-17-14(20)19-13/h5-10H,1-4H3,(H,22,26)(H,23,27);2-7H,16H2,1H3,(H,18,21). The van der Waals surface area contributed by atoms with Gasteiger partial charge in [-0.25, -0.2) is 33.5 Å². The number of hydrogen-bond donors (Lipinski definition) is 4. The maximum Gasteiger partial charge on any atom is 0.412 e. The van der Waals surface area contributed by atoms with Crippen LogP contribution in [0.2, 0.25) is 0 Å². The number of anilines is 4. The van der Waals surface area contributed by atoms with Crippen molar-refractivity contribution in [1.29, 1.82) is 0 Å². The number of imidazole rings is 2. The van der Waals surface area contributed by atoms with E-state index in [0.717, 1.165) is 0 Å². The van der Waals surface area contributed by atoms with Crippen LogP contribution in [0.1, 0.15) is 34.6 Å². The van der Waals surface area contributed by atoms with Crippen molar-refractivity contribution in [3.05, 3.63) is 85.2 Å². The smallest absolute Gasteiger partial charge is 0.412 e. The highest BCUT2D eigenvalue weighted by molar-refractivity contribution is 5.90. The van der Waals surface area contributed by atoms with Gasteiger partial charge in [0.05, 0.1) is 35.2 Å². The van der Waals surface area contributed by atoms with Crippen LogP contribution in [-0.2, 0) is 14.3 Å². The quantitative estimate of drug-likeness (QED) is 0.173. The van der Waals surface area contributed by atoms with Crippen molar-refractivity contribution in [2.75, 3.05) is 21.7 Å². The van der Waals surface area contributed by atoms with Gasteiger partial charge in [0.2, 0.25) is 23.4 Å². The van der Waals surface area contributed by atoms with Crippen molar-refractivity contribution in [3.63, 3.8) is 0 Å². The molecule has 0 spiro atoms. The van der Waals surface area contributed by atoms with Crippen molar-refractivity contribution in [1.82, 2.24) is 28.7 Å². The number of hydrogen-bond acceptors (Lipinski definition) is 9. The summed E-state index contributed by atoms with van der Waals surface area (Å²) in [5, 5.41) is 7.81. The fourth-order valence-electron chi connectivity index (χ4n) is 4.54. The number of amides is 3. The zero-order valence-electron chi connectivity index (χ0n) is 27.1. The fourth-order valence-corrected chi connectivity index (χ4v) is 4.54. The van der Waals surface area contributed by atoms with Crippen LogP contribution in [0.15, 0.2) is 73.6 Å². The third-order valence-electron chi connectivity index (χ3n) is 6.41. The van der Waals surface area contributed by atoms with Crippen LogP contribution in [0.5, 0.6) is 0 Å². The van der Waals surface area contributed by atoms with Crippen LogP contribution in [-0.4, -0.2) is 52.2 Å². The van der Waals surface area contributed by atoms with Crippen LogP contribution < -0.4 is 21.7 Å². The first-order valence-electron chi connectivity index (χ1n) is 14.7. The van der Waals surface area contributed by atoms with E-state index in [4.69, 9.17) is 10.5 Å². The highest BCUT2D eigenvalue weighted by Gasteiger charge is 2.17. The maximum absolute atomic E-state index is 14.3. The lowest BCUT2D eigenvalue weighted by atomic mass is 10.1. The Morgan fingerprint density at radius 1 is 0.714 bits per heavy atom. The molecule has 0 radical (unpaired) electrons. The summed E-state index contributed by atoms with van der Waals surface area (Å²) < 4.78 is 36.7. The van der Waals surface area contributed by atoms with Gasteiger partial charge < -0.3 is 21.1 Å². The summed E-state index contributed by atoms with van der Waals surface area (Å²) in [5.74, 6) is -0.647. The van der Waals surface area contributed by atoms with Gasteiger partial charge >= 0.3 is 6.09 Å². The highest BCUT2D eigenvalue weighted by Crippen LogP contribution is 2.27. The Morgan fingerprint density at radius 2 is 1.20 bits per heavy atom. The van der Waals surface area contributed by atoms with E-state index >= 15 is 0 Å². The third-order valence-corrected chi connectivity index (χ3v) is 6.41. The molecular weight excluding hydrogens is 638 g/mol. The predicted molar refractivity (Wildman–Crippen MR) is 180 cm³/mol. The van der Waals surface area contributed by atoms with Crippen molar-refractivity contribution < 1.29 is 27.9 Å². The van der Waals surface area contributed by atoms with Crippen molar-refractivity contribution in [2.45, 2.75) is 40.2 Å². The topological polar surface area (TPSA) is 183 Å². The minimum absolute atomic E-state index is 0.221.